The molecule has 3 unspecified atom stereocenters. The van der Waals surface area contributed by atoms with Crippen molar-refractivity contribution in [1.29, 1.82) is 0 Å². The smallest absolute Gasteiger partial charge is 0.306 e. The molecule has 2 aromatic carbocycles. The molecule has 1 N–H and O–H groups in total. The number of rotatable bonds is 14. The molecule has 1 aliphatic carbocycles. The molecule has 6 nitrogen and oxygen atoms in total. The molecule has 0 bridgehead atoms. The lowest BCUT2D eigenvalue weighted by atomic mass is 9.78. The van der Waals surface area contributed by atoms with E-state index in [2.05, 4.69) is 68.2 Å². The standard InChI is InChI=1S/C36H54N2O4/c1-25(2)38(26(3)4)21-20-37-35-33(41-35)23-32-28(16-19-34(39)42-36(5,6)7)14-11-15-29-22-30(17-18-31(29)32)40-24-27-12-9-8-10-13-27/h8-10,12-13,17-18,22,25-26,28,32-33,35,37H,11,14-16,19-21,23-24H2,1-7H3/t28?,32-,33?,35?/m1/s1. The zero-order chi connectivity index (χ0) is 30.3. The fourth-order valence-electron chi connectivity index (χ4n) is 6.56. The normalized spacial score (nSPS) is 22.2. The average Bonchev–Trinajstić information content (AvgIpc) is 3.70. The van der Waals surface area contributed by atoms with Crippen LogP contribution in [0.5, 0.6) is 5.75 Å². The number of hydrogen-bond donors (Lipinski definition) is 1. The van der Waals surface area contributed by atoms with E-state index in [1.807, 2.05) is 39.0 Å². The van der Waals surface area contributed by atoms with E-state index < -0.39 is 5.60 Å². The fourth-order valence-corrected chi connectivity index (χ4v) is 6.56. The summed E-state index contributed by atoms with van der Waals surface area (Å²) in [5.41, 5.74) is 3.49. The van der Waals surface area contributed by atoms with Crippen LogP contribution in [0.25, 0.3) is 0 Å². The van der Waals surface area contributed by atoms with Crippen LogP contribution in [0.15, 0.2) is 48.5 Å². The van der Waals surface area contributed by atoms with Gasteiger partial charge in [-0.05, 0) is 121 Å². The van der Waals surface area contributed by atoms with Crippen LogP contribution in [0.4, 0.5) is 0 Å². The first-order chi connectivity index (χ1) is 20.0. The van der Waals surface area contributed by atoms with E-state index in [-0.39, 0.29) is 18.3 Å². The molecule has 232 valence electrons. The maximum Gasteiger partial charge on any atom is 0.306 e. The quantitative estimate of drug-likeness (QED) is 0.145. The van der Waals surface area contributed by atoms with Gasteiger partial charge in [-0.3, -0.25) is 15.0 Å². The van der Waals surface area contributed by atoms with E-state index in [4.69, 9.17) is 14.2 Å². The Balaban J connectivity index is 1.43. The highest BCUT2D eigenvalue weighted by molar-refractivity contribution is 5.69. The van der Waals surface area contributed by atoms with Crippen molar-refractivity contribution in [3.05, 3.63) is 65.2 Å². The lowest BCUT2D eigenvalue weighted by Gasteiger charge is -2.30. The molecule has 1 heterocycles. The van der Waals surface area contributed by atoms with Gasteiger partial charge >= 0.3 is 5.97 Å². The number of ether oxygens (including phenoxy) is 3. The molecule has 0 amide bonds. The molecule has 1 saturated heterocycles. The van der Waals surface area contributed by atoms with Crippen molar-refractivity contribution < 1.29 is 19.0 Å². The lowest BCUT2D eigenvalue weighted by Crippen LogP contribution is -2.42. The molecule has 0 aromatic heterocycles. The Morgan fingerprint density at radius 1 is 1.07 bits per heavy atom. The zero-order valence-corrected chi connectivity index (χ0v) is 27.0. The Labute approximate surface area is 254 Å². The van der Waals surface area contributed by atoms with E-state index in [0.29, 0.717) is 36.9 Å². The van der Waals surface area contributed by atoms with Crippen molar-refractivity contribution in [2.75, 3.05) is 13.1 Å². The van der Waals surface area contributed by atoms with Crippen LogP contribution in [0.2, 0.25) is 0 Å². The highest BCUT2D eigenvalue weighted by Crippen LogP contribution is 2.44. The van der Waals surface area contributed by atoms with Gasteiger partial charge in [0, 0.05) is 31.6 Å². The Morgan fingerprint density at radius 2 is 1.81 bits per heavy atom. The fraction of sp³-hybridized carbons (Fsp3) is 0.639. The summed E-state index contributed by atoms with van der Waals surface area (Å²) in [6.07, 6.45) is 5.82. The number of carbonyl (C=O) groups excluding carboxylic acids is 1. The number of aryl methyl sites for hydroxylation is 1. The van der Waals surface area contributed by atoms with E-state index in [0.717, 1.165) is 50.9 Å². The molecular weight excluding hydrogens is 524 g/mol. The third-order valence-corrected chi connectivity index (χ3v) is 8.60. The Kier molecular flexibility index (Phi) is 11.5. The van der Waals surface area contributed by atoms with E-state index in [9.17, 15) is 4.79 Å². The monoisotopic (exact) mass is 578 g/mol. The number of hydrogen-bond acceptors (Lipinski definition) is 6. The van der Waals surface area contributed by atoms with E-state index in [1.54, 1.807) is 0 Å². The van der Waals surface area contributed by atoms with Crippen LogP contribution in [-0.2, 0) is 27.3 Å². The van der Waals surface area contributed by atoms with Gasteiger partial charge in [0.25, 0.3) is 0 Å². The van der Waals surface area contributed by atoms with E-state index >= 15 is 0 Å². The largest absolute Gasteiger partial charge is 0.489 e. The summed E-state index contributed by atoms with van der Waals surface area (Å²) in [4.78, 5) is 15.2. The minimum atomic E-state index is -0.454. The van der Waals surface area contributed by atoms with Crippen LogP contribution in [0.3, 0.4) is 0 Å². The van der Waals surface area contributed by atoms with Gasteiger partial charge in [-0.1, -0.05) is 36.4 Å². The molecule has 2 aliphatic rings. The lowest BCUT2D eigenvalue weighted by molar-refractivity contribution is -0.155. The molecule has 0 spiro atoms. The summed E-state index contributed by atoms with van der Waals surface area (Å²) in [6, 6.07) is 18.0. The molecule has 0 saturated carbocycles. The summed E-state index contributed by atoms with van der Waals surface area (Å²) in [5.74, 6) is 1.58. The summed E-state index contributed by atoms with van der Waals surface area (Å²) in [5, 5.41) is 3.65. The number of nitrogens with one attached hydrogen (secondary N) is 1. The second kappa shape index (κ2) is 14.9. The second-order valence-electron chi connectivity index (χ2n) is 13.7. The highest BCUT2D eigenvalue weighted by atomic mass is 16.6. The van der Waals surface area contributed by atoms with Gasteiger partial charge in [-0.15, -0.1) is 0 Å². The molecule has 1 aliphatic heterocycles. The number of epoxide rings is 1. The maximum absolute atomic E-state index is 12.7. The third-order valence-electron chi connectivity index (χ3n) is 8.60. The number of carbonyl (C=O) groups is 1. The Hall–Kier alpha value is -2.41. The molecule has 0 radical (unpaired) electrons. The first kappa shape index (κ1) is 32.5. The molecule has 2 aromatic rings. The number of esters is 1. The van der Waals surface area contributed by atoms with Crippen molar-refractivity contribution in [3.63, 3.8) is 0 Å². The average molecular weight is 579 g/mol. The van der Waals surface area contributed by atoms with Crippen molar-refractivity contribution in [3.8, 4) is 5.75 Å². The van der Waals surface area contributed by atoms with Gasteiger partial charge in [0.1, 0.15) is 24.2 Å². The first-order valence-corrected chi connectivity index (χ1v) is 16.2. The van der Waals surface area contributed by atoms with Gasteiger partial charge in [0.15, 0.2) is 0 Å². The van der Waals surface area contributed by atoms with Crippen LogP contribution in [-0.4, -0.2) is 54.0 Å². The second-order valence-corrected chi connectivity index (χ2v) is 13.7. The zero-order valence-electron chi connectivity index (χ0n) is 27.0. The topological polar surface area (TPSA) is 63.3 Å². The molecule has 42 heavy (non-hydrogen) atoms. The molecule has 6 heteroatoms. The minimum Gasteiger partial charge on any atom is -0.489 e. The van der Waals surface area contributed by atoms with Crippen LogP contribution in [0, 0.1) is 5.92 Å². The van der Waals surface area contributed by atoms with Gasteiger partial charge in [-0.2, -0.15) is 0 Å². The van der Waals surface area contributed by atoms with Crippen LogP contribution >= 0.6 is 0 Å². The summed E-state index contributed by atoms with van der Waals surface area (Å²) in [6.45, 7) is 17.3. The van der Waals surface area contributed by atoms with Gasteiger partial charge < -0.3 is 14.2 Å². The SMILES string of the molecule is CC(C)N(CCNC1OC1C[C@H]1c2ccc(OCc3ccccc3)cc2CCCC1CCC(=O)OC(C)(C)C)C(C)C. The first-order valence-electron chi connectivity index (χ1n) is 16.2. The summed E-state index contributed by atoms with van der Waals surface area (Å²) in [7, 11) is 0. The van der Waals surface area contributed by atoms with E-state index in [1.165, 1.54) is 16.7 Å². The van der Waals surface area contributed by atoms with Crippen molar-refractivity contribution >= 4 is 5.97 Å². The Morgan fingerprint density at radius 3 is 2.50 bits per heavy atom. The predicted octanol–water partition coefficient (Wildman–Crippen LogP) is 7.25. The Bertz CT molecular complexity index is 1120. The summed E-state index contributed by atoms with van der Waals surface area (Å²) >= 11 is 0. The predicted molar refractivity (Wildman–Crippen MR) is 170 cm³/mol. The maximum atomic E-state index is 12.7. The molecular formula is C36H54N2O4. The summed E-state index contributed by atoms with van der Waals surface area (Å²) < 4.78 is 18.0. The molecule has 1 fully saturated rings. The highest BCUT2D eigenvalue weighted by Gasteiger charge is 2.42. The molecule has 4 rings (SSSR count). The molecule has 4 atom stereocenters. The van der Waals surface area contributed by atoms with Crippen molar-refractivity contribution in [1.82, 2.24) is 10.2 Å². The van der Waals surface area contributed by atoms with Crippen molar-refractivity contribution in [2.24, 2.45) is 5.92 Å². The number of benzene rings is 2. The van der Waals surface area contributed by atoms with Crippen LogP contribution < -0.4 is 10.1 Å². The van der Waals surface area contributed by atoms with Gasteiger partial charge in [-0.25, -0.2) is 0 Å². The third kappa shape index (κ3) is 9.82. The van der Waals surface area contributed by atoms with Crippen molar-refractivity contribution in [2.45, 2.75) is 130 Å². The van der Waals surface area contributed by atoms with Gasteiger partial charge in [0.05, 0.1) is 6.10 Å². The minimum absolute atomic E-state index is 0.0996. The van der Waals surface area contributed by atoms with Gasteiger partial charge in [0.2, 0.25) is 0 Å². The van der Waals surface area contributed by atoms with Crippen LogP contribution in [0.1, 0.15) is 103 Å². The number of nitrogens with zero attached hydrogens (tertiary/aromatic N) is 1. The number of fused-ring (bicyclic) bond motifs is 1.